The second-order valence-electron chi connectivity index (χ2n) is 8.20. The standard InChI is InChI=1S/C27H24F2N4O3/c1-35-23-8-4-5-18(27(23)36-20-6-2-3-7-20)10-12-25(34)32-22-14-19(28)13-21(29)26(22)33-24-11-9-17(15-30)16-31-24/h4-5,8-14,16,20H,2-3,6-7H2,1H3,(H,31,33)(H,32,34)/b12-10+. The van der Waals surface area contributed by atoms with Crippen molar-refractivity contribution in [2.24, 2.45) is 0 Å². The molecule has 0 radical (unpaired) electrons. The maximum Gasteiger partial charge on any atom is 0.248 e. The number of hydrogen-bond donors (Lipinski definition) is 2. The molecule has 1 aromatic heterocycles. The number of amides is 1. The Morgan fingerprint density at radius 1 is 1.19 bits per heavy atom. The van der Waals surface area contributed by atoms with E-state index in [9.17, 15) is 13.6 Å². The lowest BCUT2D eigenvalue weighted by Crippen LogP contribution is -2.13. The van der Waals surface area contributed by atoms with Crippen molar-refractivity contribution in [2.45, 2.75) is 31.8 Å². The van der Waals surface area contributed by atoms with Gasteiger partial charge in [-0.15, -0.1) is 0 Å². The normalized spacial score (nSPS) is 13.4. The summed E-state index contributed by atoms with van der Waals surface area (Å²) in [6, 6.07) is 12.0. The van der Waals surface area contributed by atoms with Gasteiger partial charge in [0.1, 0.15) is 23.4 Å². The molecule has 36 heavy (non-hydrogen) atoms. The average Bonchev–Trinajstić information content (AvgIpc) is 3.39. The fourth-order valence-electron chi connectivity index (χ4n) is 3.92. The molecule has 4 rings (SSSR count). The van der Waals surface area contributed by atoms with Gasteiger partial charge in [0.2, 0.25) is 5.91 Å². The molecular weight excluding hydrogens is 466 g/mol. The number of benzene rings is 2. The van der Waals surface area contributed by atoms with Crippen LogP contribution in [0.15, 0.2) is 54.7 Å². The molecule has 0 bridgehead atoms. The summed E-state index contributed by atoms with van der Waals surface area (Å²) in [5.74, 6) is -1.06. The summed E-state index contributed by atoms with van der Waals surface area (Å²) in [6.07, 6.45) is 8.33. The molecule has 9 heteroatoms. The maximum absolute atomic E-state index is 14.6. The van der Waals surface area contributed by atoms with Crippen LogP contribution >= 0.6 is 0 Å². The van der Waals surface area contributed by atoms with Gasteiger partial charge in [-0.25, -0.2) is 13.8 Å². The molecule has 1 aliphatic carbocycles. The predicted octanol–water partition coefficient (Wildman–Crippen LogP) is 5.96. The summed E-state index contributed by atoms with van der Waals surface area (Å²) >= 11 is 0. The van der Waals surface area contributed by atoms with Crippen molar-refractivity contribution >= 4 is 29.2 Å². The van der Waals surface area contributed by atoms with Crippen LogP contribution in [-0.4, -0.2) is 24.1 Å². The van der Waals surface area contributed by atoms with Crippen LogP contribution in [0.4, 0.5) is 26.0 Å². The highest BCUT2D eigenvalue weighted by Gasteiger charge is 2.20. The Morgan fingerprint density at radius 3 is 2.69 bits per heavy atom. The van der Waals surface area contributed by atoms with E-state index in [1.165, 1.54) is 24.4 Å². The number of halogens is 2. The van der Waals surface area contributed by atoms with Gasteiger partial charge in [-0.1, -0.05) is 12.1 Å². The number of anilines is 3. The molecule has 0 aliphatic heterocycles. The van der Waals surface area contributed by atoms with E-state index in [-0.39, 0.29) is 23.3 Å². The van der Waals surface area contributed by atoms with Crippen LogP contribution in [0.25, 0.3) is 6.08 Å². The minimum atomic E-state index is -0.916. The van der Waals surface area contributed by atoms with Crippen LogP contribution in [0.1, 0.15) is 36.8 Å². The zero-order valence-corrected chi connectivity index (χ0v) is 19.6. The van der Waals surface area contributed by atoms with Crippen molar-refractivity contribution in [3.05, 3.63) is 77.5 Å². The van der Waals surface area contributed by atoms with Crippen LogP contribution < -0.4 is 20.1 Å². The van der Waals surface area contributed by atoms with E-state index in [0.29, 0.717) is 28.7 Å². The fourth-order valence-corrected chi connectivity index (χ4v) is 3.92. The smallest absolute Gasteiger partial charge is 0.248 e. The van der Waals surface area contributed by atoms with Gasteiger partial charge in [0.25, 0.3) is 0 Å². The molecule has 1 heterocycles. The minimum Gasteiger partial charge on any atom is -0.493 e. The number of pyridine rings is 1. The Hall–Kier alpha value is -4.45. The topological polar surface area (TPSA) is 96.3 Å². The first-order valence-corrected chi connectivity index (χ1v) is 11.4. The average molecular weight is 491 g/mol. The van der Waals surface area contributed by atoms with E-state index in [1.54, 1.807) is 31.4 Å². The van der Waals surface area contributed by atoms with E-state index in [0.717, 1.165) is 31.7 Å². The number of nitrogens with zero attached hydrogens (tertiary/aromatic N) is 2. The number of carbonyl (C=O) groups is 1. The second-order valence-corrected chi connectivity index (χ2v) is 8.20. The molecule has 2 N–H and O–H groups in total. The van der Waals surface area contributed by atoms with E-state index < -0.39 is 17.5 Å². The molecule has 0 saturated heterocycles. The Morgan fingerprint density at radius 2 is 2.00 bits per heavy atom. The lowest BCUT2D eigenvalue weighted by Gasteiger charge is -2.18. The Balaban J connectivity index is 1.55. The van der Waals surface area contributed by atoms with Crippen molar-refractivity contribution in [3.63, 3.8) is 0 Å². The number of ether oxygens (including phenoxy) is 2. The molecule has 0 atom stereocenters. The number of methoxy groups -OCH3 is 1. The van der Waals surface area contributed by atoms with Gasteiger partial charge in [-0.05, 0) is 56.0 Å². The molecule has 3 aromatic rings. The van der Waals surface area contributed by atoms with Crippen LogP contribution in [0.3, 0.4) is 0 Å². The summed E-state index contributed by atoms with van der Waals surface area (Å²) in [4.78, 5) is 16.7. The Labute approximate surface area is 207 Å². The van der Waals surface area contributed by atoms with Crippen LogP contribution in [-0.2, 0) is 4.79 Å². The zero-order chi connectivity index (χ0) is 25.5. The summed E-state index contributed by atoms with van der Waals surface area (Å²) in [7, 11) is 1.55. The number of aromatic nitrogens is 1. The number of carbonyl (C=O) groups excluding carboxylic acids is 1. The number of nitriles is 1. The van der Waals surface area contributed by atoms with E-state index in [2.05, 4.69) is 15.6 Å². The third kappa shape index (κ3) is 5.96. The van der Waals surface area contributed by atoms with E-state index >= 15 is 0 Å². The summed E-state index contributed by atoms with van der Waals surface area (Å²) < 4.78 is 40.2. The minimum absolute atomic E-state index is 0.0852. The highest BCUT2D eigenvalue weighted by atomic mass is 19.1. The predicted molar refractivity (Wildman–Crippen MR) is 132 cm³/mol. The van der Waals surface area contributed by atoms with Gasteiger partial charge in [-0.3, -0.25) is 4.79 Å². The van der Waals surface area contributed by atoms with Crippen molar-refractivity contribution < 1.29 is 23.0 Å². The third-order valence-electron chi connectivity index (χ3n) is 5.69. The SMILES string of the molecule is COc1cccc(/C=C/C(=O)Nc2cc(F)cc(F)c2Nc2ccc(C#N)cn2)c1OC1CCCC1. The molecule has 7 nitrogen and oxygen atoms in total. The van der Waals surface area contributed by atoms with Gasteiger partial charge >= 0.3 is 0 Å². The van der Waals surface area contributed by atoms with Crippen molar-refractivity contribution in [2.75, 3.05) is 17.7 Å². The molecule has 1 amide bonds. The van der Waals surface area contributed by atoms with Crippen LogP contribution in [0.2, 0.25) is 0 Å². The Kier molecular flexibility index (Phi) is 7.75. The number of nitrogens with one attached hydrogen (secondary N) is 2. The molecule has 0 spiro atoms. The molecule has 0 unspecified atom stereocenters. The molecule has 2 aromatic carbocycles. The maximum atomic E-state index is 14.6. The van der Waals surface area contributed by atoms with Crippen molar-refractivity contribution in [1.29, 1.82) is 5.26 Å². The summed E-state index contributed by atoms with van der Waals surface area (Å²) in [5, 5.41) is 14.1. The van der Waals surface area contributed by atoms with Gasteiger partial charge in [-0.2, -0.15) is 5.26 Å². The second kappa shape index (κ2) is 11.3. The summed E-state index contributed by atoms with van der Waals surface area (Å²) in [6.45, 7) is 0. The van der Waals surface area contributed by atoms with Crippen molar-refractivity contribution in [3.8, 4) is 17.6 Å². The van der Waals surface area contributed by atoms with Gasteiger partial charge in [0, 0.05) is 23.9 Å². The lowest BCUT2D eigenvalue weighted by atomic mass is 10.1. The van der Waals surface area contributed by atoms with Gasteiger partial charge < -0.3 is 20.1 Å². The van der Waals surface area contributed by atoms with Crippen molar-refractivity contribution in [1.82, 2.24) is 4.98 Å². The number of para-hydroxylation sites is 1. The quantitative estimate of drug-likeness (QED) is 0.379. The third-order valence-corrected chi connectivity index (χ3v) is 5.69. The Bertz CT molecular complexity index is 1310. The van der Waals surface area contributed by atoms with E-state index in [1.807, 2.05) is 6.07 Å². The van der Waals surface area contributed by atoms with Gasteiger partial charge in [0.15, 0.2) is 17.3 Å². The first-order chi connectivity index (χ1) is 17.5. The lowest BCUT2D eigenvalue weighted by molar-refractivity contribution is -0.111. The van der Waals surface area contributed by atoms with Gasteiger partial charge in [0.05, 0.1) is 24.5 Å². The first kappa shape index (κ1) is 24.7. The highest BCUT2D eigenvalue weighted by Crippen LogP contribution is 2.36. The fraction of sp³-hybridized carbons (Fsp3) is 0.222. The summed E-state index contributed by atoms with van der Waals surface area (Å²) in [5.41, 5.74) is 0.693. The molecule has 184 valence electrons. The van der Waals surface area contributed by atoms with Crippen LogP contribution in [0, 0.1) is 23.0 Å². The zero-order valence-electron chi connectivity index (χ0n) is 19.6. The largest absolute Gasteiger partial charge is 0.493 e. The molecular formula is C27H24F2N4O3. The number of hydrogen-bond acceptors (Lipinski definition) is 6. The first-order valence-electron chi connectivity index (χ1n) is 11.4. The monoisotopic (exact) mass is 490 g/mol. The molecule has 1 aliphatic rings. The highest BCUT2D eigenvalue weighted by molar-refractivity contribution is 6.04. The number of rotatable bonds is 8. The van der Waals surface area contributed by atoms with Crippen LogP contribution in [0.5, 0.6) is 11.5 Å². The molecule has 1 fully saturated rings. The molecule has 1 saturated carbocycles. The van der Waals surface area contributed by atoms with E-state index in [4.69, 9.17) is 14.7 Å².